The smallest absolute Gasteiger partial charge is 0.263 e. The predicted molar refractivity (Wildman–Crippen MR) is 130 cm³/mol. The zero-order valence-corrected chi connectivity index (χ0v) is 19.7. The zero-order valence-electron chi connectivity index (χ0n) is 18.2. The van der Waals surface area contributed by atoms with Crippen molar-refractivity contribution in [2.24, 2.45) is 0 Å². The summed E-state index contributed by atoms with van der Waals surface area (Å²) in [5.41, 5.74) is 4.03. The molecule has 0 saturated heterocycles. The highest BCUT2D eigenvalue weighted by molar-refractivity contribution is 7.19. The van der Waals surface area contributed by atoms with Gasteiger partial charge in [-0.05, 0) is 38.0 Å². The lowest BCUT2D eigenvalue weighted by Crippen LogP contribution is -2.28. The number of rotatable bonds is 5. The first-order valence-electron chi connectivity index (χ1n) is 9.98. The summed E-state index contributed by atoms with van der Waals surface area (Å²) in [6.07, 6.45) is 1.42. The average molecular weight is 468 g/mol. The quantitative estimate of drug-likeness (QED) is 0.429. The van der Waals surface area contributed by atoms with Gasteiger partial charge >= 0.3 is 0 Å². The van der Waals surface area contributed by atoms with Crippen LogP contribution in [-0.2, 0) is 11.3 Å². The molecule has 8 heteroatoms. The van der Waals surface area contributed by atoms with Crippen molar-refractivity contribution in [1.82, 2.24) is 9.55 Å². The Kier molecular flexibility index (Phi) is 6.04. The Labute approximate surface area is 194 Å². The molecule has 2 aromatic carbocycles. The van der Waals surface area contributed by atoms with E-state index in [-0.39, 0.29) is 18.0 Å². The number of carbonyl (C=O) groups excluding carboxylic acids is 1. The van der Waals surface area contributed by atoms with Gasteiger partial charge in [-0.3, -0.25) is 14.2 Å². The molecule has 0 atom stereocenters. The minimum Gasteiger partial charge on any atom is -0.495 e. The van der Waals surface area contributed by atoms with Crippen molar-refractivity contribution in [2.75, 3.05) is 12.4 Å². The number of ether oxygens (including phenoxy) is 1. The van der Waals surface area contributed by atoms with Gasteiger partial charge in [0.2, 0.25) is 5.91 Å². The molecule has 1 amide bonds. The number of aromatic nitrogens is 2. The second-order valence-corrected chi connectivity index (χ2v) is 9.22. The van der Waals surface area contributed by atoms with Gasteiger partial charge in [-0.15, -0.1) is 11.3 Å². The fourth-order valence-corrected chi connectivity index (χ4v) is 4.75. The molecule has 164 valence electrons. The fraction of sp³-hybridized carbons (Fsp3) is 0.208. The number of fused-ring (bicyclic) bond motifs is 1. The third kappa shape index (κ3) is 4.13. The molecule has 2 heterocycles. The Morgan fingerprint density at radius 2 is 1.91 bits per heavy atom. The van der Waals surface area contributed by atoms with Crippen LogP contribution in [0.25, 0.3) is 21.3 Å². The van der Waals surface area contributed by atoms with Crippen molar-refractivity contribution in [3.8, 4) is 16.9 Å². The number of aryl methyl sites for hydroxylation is 3. The second-order valence-electron chi connectivity index (χ2n) is 7.61. The standard InChI is InChI=1S/C24H22ClN3O3S/c1-13-5-7-16(8-6-13)21-15(3)32-23-22(21)24(30)28(12-26-23)11-20(29)27-18-9-14(2)17(25)10-19(18)31-4/h5-10,12H,11H2,1-4H3,(H,27,29). The molecule has 2 aromatic heterocycles. The molecular formula is C24H22ClN3O3S. The lowest BCUT2D eigenvalue weighted by molar-refractivity contribution is -0.116. The first-order chi connectivity index (χ1) is 15.3. The molecule has 0 radical (unpaired) electrons. The zero-order chi connectivity index (χ0) is 23.0. The highest BCUT2D eigenvalue weighted by Crippen LogP contribution is 2.35. The van der Waals surface area contributed by atoms with E-state index < -0.39 is 0 Å². The molecule has 0 unspecified atom stereocenters. The summed E-state index contributed by atoms with van der Waals surface area (Å²) in [5, 5.41) is 3.88. The number of carbonyl (C=O) groups is 1. The van der Waals surface area contributed by atoms with Crippen LogP contribution in [0.4, 0.5) is 5.69 Å². The maximum atomic E-state index is 13.3. The van der Waals surface area contributed by atoms with E-state index in [9.17, 15) is 9.59 Å². The molecule has 1 N–H and O–H groups in total. The van der Waals surface area contributed by atoms with E-state index in [0.29, 0.717) is 26.7 Å². The highest BCUT2D eigenvalue weighted by Gasteiger charge is 2.18. The van der Waals surface area contributed by atoms with Gasteiger partial charge in [0.05, 0.1) is 24.5 Å². The molecule has 0 spiro atoms. The predicted octanol–water partition coefficient (Wildman–Crippen LogP) is 5.35. The van der Waals surface area contributed by atoms with Crippen LogP contribution in [0.15, 0.2) is 47.5 Å². The van der Waals surface area contributed by atoms with Gasteiger partial charge in [0.25, 0.3) is 5.56 Å². The summed E-state index contributed by atoms with van der Waals surface area (Å²) in [7, 11) is 1.50. The van der Waals surface area contributed by atoms with E-state index in [2.05, 4.69) is 10.3 Å². The van der Waals surface area contributed by atoms with Crippen LogP contribution in [0, 0.1) is 20.8 Å². The minimum absolute atomic E-state index is 0.172. The molecule has 0 aliphatic rings. The number of hydrogen-bond acceptors (Lipinski definition) is 5. The number of benzene rings is 2. The number of anilines is 1. The van der Waals surface area contributed by atoms with Crippen molar-refractivity contribution in [1.29, 1.82) is 0 Å². The van der Waals surface area contributed by atoms with Gasteiger partial charge in [0.15, 0.2) is 0 Å². The monoisotopic (exact) mass is 467 g/mol. The van der Waals surface area contributed by atoms with Gasteiger partial charge in [-0.1, -0.05) is 41.4 Å². The van der Waals surface area contributed by atoms with E-state index in [1.54, 1.807) is 12.1 Å². The Morgan fingerprint density at radius 3 is 2.59 bits per heavy atom. The van der Waals surface area contributed by atoms with Crippen LogP contribution in [0.1, 0.15) is 16.0 Å². The van der Waals surface area contributed by atoms with E-state index >= 15 is 0 Å². The number of halogens is 1. The van der Waals surface area contributed by atoms with Crippen LogP contribution >= 0.6 is 22.9 Å². The van der Waals surface area contributed by atoms with E-state index in [1.165, 1.54) is 29.3 Å². The Morgan fingerprint density at radius 1 is 1.19 bits per heavy atom. The summed E-state index contributed by atoms with van der Waals surface area (Å²) in [6, 6.07) is 11.4. The molecule has 0 aliphatic carbocycles. The SMILES string of the molecule is COc1cc(Cl)c(C)cc1NC(=O)Cn1cnc2sc(C)c(-c3ccc(C)cc3)c2c1=O. The summed E-state index contributed by atoms with van der Waals surface area (Å²) in [4.78, 5) is 32.2. The lowest BCUT2D eigenvalue weighted by atomic mass is 10.0. The topological polar surface area (TPSA) is 73.2 Å². The molecular weight excluding hydrogens is 446 g/mol. The highest BCUT2D eigenvalue weighted by atomic mass is 35.5. The van der Waals surface area contributed by atoms with E-state index in [4.69, 9.17) is 16.3 Å². The molecule has 0 bridgehead atoms. The van der Waals surface area contributed by atoms with Crippen molar-refractivity contribution in [3.05, 3.63) is 74.1 Å². The van der Waals surface area contributed by atoms with Crippen molar-refractivity contribution in [2.45, 2.75) is 27.3 Å². The largest absolute Gasteiger partial charge is 0.495 e. The van der Waals surface area contributed by atoms with Gasteiger partial charge in [-0.2, -0.15) is 0 Å². The van der Waals surface area contributed by atoms with Gasteiger partial charge < -0.3 is 10.1 Å². The normalized spacial score (nSPS) is 11.0. The Balaban J connectivity index is 1.69. The maximum absolute atomic E-state index is 13.3. The van der Waals surface area contributed by atoms with Crippen molar-refractivity contribution >= 4 is 44.7 Å². The third-order valence-corrected chi connectivity index (χ3v) is 6.68. The number of nitrogens with zero attached hydrogens (tertiary/aromatic N) is 2. The van der Waals surface area contributed by atoms with Gasteiger partial charge in [0.1, 0.15) is 17.1 Å². The van der Waals surface area contributed by atoms with Gasteiger partial charge in [0, 0.05) is 21.5 Å². The second kappa shape index (κ2) is 8.76. The number of hydrogen-bond donors (Lipinski definition) is 1. The molecule has 4 aromatic rings. The summed E-state index contributed by atoms with van der Waals surface area (Å²) in [5.74, 6) is 0.0853. The molecule has 32 heavy (non-hydrogen) atoms. The lowest BCUT2D eigenvalue weighted by Gasteiger charge is -2.13. The van der Waals surface area contributed by atoms with Crippen molar-refractivity contribution < 1.29 is 9.53 Å². The Bertz CT molecular complexity index is 1390. The maximum Gasteiger partial charge on any atom is 0.263 e. The Hall–Kier alpha value is -3.16. The van der Waals surface area contributed by atoms with E-state index in [0.717, 1.165) is 27.1 Å². The first-order valence-corrected chi connectivity index (χ1v) is 11.2. The van der Waals surface area contributed by atoms with Crippen LogP contribution < -0.4 is 15.6 Å². The van der Waals surface area contributed by atoms with Gasteiger partial charge in [-0.25, -0.2) is 4.98 Å². The van der Waals surface area contributed by atoms with Crippen LogP contribution in [0.5, 0.6) is 5.75 Å². The number of methoxy groups -OCH3 is 1. The summed E-state index contributed by atoms with van der Waals surface area (Å²) in [6.45, 7) is 5.67. The molecule has 6 nitrogen and oxygen atoms in total. The van der Waals surface area contributed by atoms with E-state index in [1.807, 2.05) is 45.0 Å². The molecule has 4 rings (SSSR count). The fourth-order valence-electron chi connectivity index (χ4n) is 3.59. The molecule has 0 saturated carbocycles. The van der Waals surface area contributed by atoms with Crippen LogP contribution in [-0.4, -0.2) is 22.6 Å². The number of thiophene rings is 1. The first kappa shape index (κ1) is 22.0. The molecule has 0 fully saturated rings. The average Bonchev–Trinajstić information content (AvgIpc) is 3.10. The summed E-state index contributed by atoms with van der Waals surface area (Å²) < 4.78 is 6.64. The van der Waals surface area contributed by atoms with Crippen molar-refractivity contribution in [3.63, 3.8) is 0 Å². The molecule has 0 aliphatic heterocycles. The van der Waals surface area contributed by atoms with Crippen LogP contribution in [0.3, 0.4) is 0 Å². The third-order valence-electron chi connectivity index (χ3n) is 5.26. The number of nitrogens with one attached hydrogen (secondary N) is 1. The summed E-state index contributed by atoms with van der Waals surface area (Å²) >= 11 is 7.61. The number of amides is 1. The minimum atomic E-state index is -0.364. The van der Waals surface area contributed by atoms with Crippen LogP contribution in [0.2, 0.25) is 5.02 Å².